The van der Waals surface area contributed by atoms with E-state index in [2.05, 4.69) is 15.0 Å². The Hall–Kier alpha value is -2.82. The molecule has 0 radical (unpaired) electrons. The fourth-order valence-electron chi connectivity index (χ4n) is 2.42. The number of thiazole rings is 1. The molecule has 1 amide bonds. The Morgan fingerprint density at radius 1 is 1.14 bits per heavy atom. The highest BCUT2D eigenvalue weighted by atomic mass is 32.2. The molecule has 3 aromatic rings. The summed E-state index contributed by atoms with van der Waals surface area (Å²) in [5, 5.41) is 3.33. The summed E-state index contributed by atoms with van der Waals surface area (Å²) in [6.07, 6.45) is 0. The number of carbonyl (C=O) groups is 1. The summed E-state index contributed by atoms with van der Waals surface area (Å²) in [5.41, 5.74) is 1.02. The van der Waals surface area contributed by atoms with E-state index in [0.717, 1.165) is 0 Å². The van der Waals surface area contributed by atoms with Crippen LogP contribution in [0.3, 0.4) is 0 Å². The third-order valence-corrected chi connectivity index (χ3v) is 6.47. The van der Waals surface area contributed by atoms with Crippen molar-refractivity contribution in [3.05, 3.63) is 69.9 Å². The highest BCUT2D eigenvalue weighted by Gasteiger charge is 2.17. The zero-order valence-electron chi connectivity index (χ0n) is 15.6. The van der Waals surface area contributed by atoms with Crippen LogP contribution in [0, 0.1) is 12.7 Å². The fourth-order valence-corrected chi connectivity index (χ4v) is 4.03. The van der Waals surface area contributed by atoms with Crippen molar-refractivity contribution >= 4 is 33.0 Å². The number of benzene rings is 2. The first-order chi connectivity index (χ1) is 13.8. The molecule has 10 heteroatoms. The van der Waals surface area contributed by atoms with E-state index in [1.54, 1.807) is 6.92 Å². The second kappa shape index (κ2) is 8.68. The second-order valence-electron chi connectivity index (χ2n) is 5.95. The van der Waals surface area contributed by atoms with Crippen LogP contribution in [0.1, 0.15) is 20.4 Å². The third kappa shape index (κ3) is 5.17. The first-order valence-corrected chi connectivity index (χ1v) is 10.8. The zero-order valence-corrected chi connectivity index (χ0v) is 17.2. The van der Waals surface area contributed by atoms with Crippen molar-refractivity contribution in [2.24, 2.45) is 0 Å². The van der Waals surface area contributed by atoms with Crippen LogP contribution in [-0.4, -0.2) is 26.4 Å². The molecule has 2 N–H and O–H groups in total. The van der Waals surface area contributed by atoms with Crippen LogP contribution in [0.15, 0.2) is 53.4 Å². The monoisotopic (exact) mass is 435 g/mol. The maximum atomic E-state index is 12.9. The van der Waals surface area contributed by atoms with Crippen LogP contribution in [0.5, 0.6) is 5.75 Å². The van der Waals surface area contributed by atoms with Crippen molar-refractivity contribution in [1.29, 1.82) is 0 Å². The summed E-state index contributed by atoms with van der Waals surface area (Å²) < 4.78 is 44.2. The Kier molecular flexibility index (Phi) is 6.26. The first-order valence-electron chi connectivity index (χ1n) is 8.48. The van der Waals surface area contributed by atoms with Gasteiger partial charge in [-0.05, 0) is 62.5 Å². The molecule has 0 saturated carbocycles. The van der Waals surface area contributed by atoms with Gasteiger partial charge >= 0.3 is 0 Å². The van der Waals surface area contributed by atoms with Gasteiger partial charge in [-0.15, -0.1) is 11.3 Å². The minimum atomic E-state index is -3.54. The largest absolute Gasteiger partial charge is 0.486 e. The summed E-state index contributed by atoms with van der Waals surface area (Å²) in [5.74, 6) is -0.197. The number of hydrogen-bond donors (Lipinski definition) is 2. The van der Waals surface area contributed by atoms with Gasteiger partial charge in [-0.3, -0.25) is 4.79 Å². The number of ether oxygens (including phenoxy) is 1. The molecule has 29 heavy (non-hydrogen) atoms. The highest BCUT2D eigenvalue weighted by Crippen LogP contribution is 2.22. The topological polar surface area (TPSA) is 97.4 Å². The molecule has 0 aliphatic carbocycles. The van der Waals surface area contributed by atoms with E-state index in [4.69, 9.17) is 4.74 Å². The van der Waals surface area contributed by atoms with Gasteiger partial charge in [-0.1, -0.05) is 0 Å². The van der Waals surface area contributed by atoms with E-state index >= 15 is 0 Å². The van der Waals surface area contributed by atoms with E-state index in [1.165, 1.54) is 66.9 Å². The van der Waals surface area contributed by atoms with Crippen LogP contribution in [-0.2, 0) is 16.6 Å². The molecule has 0 saturated heterocycles. The van der Waals surface area contributed by atoms with Crippen molar-refractivity contribution in [1.82, 2.24) is 9.71 Å². The van der Waals surface area contributed by atoms with E-state index in [0.29, 0.717) is 27.0 Å². The molecule has 0 unspecified atom stereocenters. The Labute approximate surface area is 171 Å². The molecular formula is C19H18FN3O4S2. The van der Waals surface area contributed by atoms with Gasteiger partial charge in [0.2, 0.25) is 10.0 Å². The summed E-state index contributed by atoms with van der Waals surface area (Å²) >= 11 is 1.19. The Morgan fingerprint density at radius 2 is 1.79 bits per heavy atom. The molecule has 1 heterocycles. The Morgan fingerprint density at radius 3 is 2.41 bits per heavy atom. The van der Waals surface area contributed by atoms with Gasteiger partial charge in [-0.2, -0.15) is 0 Å². The number of halogens is 1. The molecule has 0 fully saturated rings. The number of aryl methyl sites for hydroxylation is 1. The maximum absolute atomic E-state index is 12.9. The summed E-state index contributed by atoms with van der Waals surface area (Å²) in [6.45, 7) is 1.87. The number of amides is 1. The third-order valence-electron chi connectivity index (χ3n) is 3.91. The van der Waals surface area contributed by atoms with Gasteiger partial charge < -0.3 is 10.1 Å². The zero-order chi connectivity index (χ0) is 21.0. The molecule has 7 nitrogen and oxygen atoms in total. The quantitative estimate of drug-likeness (QED) is 0.593. The lowest BCUT2D eigenvalue weighted by Gasteiger charge is -2.06. The molecule has 0 atom stereocenters. The standard InChI is InChI=1S/C19H18FN3O4S2/c1-12-18(28-17(22-12)11-27-15-7-3-13(20)4-8-15)19(24)23-14-5-9-16(10-6-14)29(25,26)21-2/h3-10,21H,11H2,1-2H3,(H,23,24). The Bertz CT molecular complexity index is 1110. The molecule has 2 aromatic carbocycles. The lowest BCUT2D eigenvalue weighted by atomic mass is 10.3. The van der Waals surface area contributed by atoms with E-state index in [-0.39, 0.29) is 23.2 Å². The van der Waals surface area contributed by atoms with Crippen molar-refractivity contribution in [3.8, 4) is 5.75 Å². The van der Waals surface area contributed by atoms with Crippen LogP contribution < -0.4 is 14.8 Å². The molecule has 0 bridgehead atoms. The number of carbonyl (C=O) groups excluding carboxylic acids is 1. The lowest BCUT2D eigenvalue weighted by Crippen LogP contribution is -2.18. The minimum Gasteiger partial charge on any atom is -0.486 e. The van der Waals surface area contributed by atoms with Gasteiger partial charge in [0, 0.05) is 5.69 Å². The van der Waals surface area contributed by atoms with E-state index < -0.39 is 10.0 Å². The smallest absolute Gasteiger partial charge is 0.267 e. The maximum Gasteiger partial charge on any atom is 0.267 e. The molecular weight excluding hydrogens is 417 g/mol. The van der Waals surface area contributed by atoms with Crippen LogP contribution in [0.2, 0.25) is 0 Å². The number of nitrogens with one attached hydrogen (secondary N) is 2. The first kappa shape index (κ1) is 20.9. The fraction of sp³-hybridized carbons (Fsp3) is 0.158. The second-order valence-corrected chi connectivity index (χ2v) is 8.92. The number of hydrogen-bond acceptors (Lipinski definition) is 6. The van der Waals surface area contributed by atoms with Gasteiger partial charge in [0.05, 0.1) is 10.6 Å². The van der Waals surface area contributed by atoms with Crippen LogP contribution >= 0.6 is 11.3 Å². The van der Waals surface area contributed by atoms with Gasteiger partial charge in [0.25, 0.3) is 5.91 Å². The number of nitrogens with zero attached hydrogens (tertiary/aromatic N) is 1. The van der Waals surface area contributed by atoms with Crippen molar-refractivity contribution in [2.45, 2.75) is 18.4 Å². The average Bonchev–Trinajstić information content (AvgIpc) is 3.09. The summed E-state index contributed by atoms with van der Waals surface area (Å²) in [4.78, 5) is 17.4. The SMILES string of the molecule is CNS(=O)(=O)c1ccc(NC(=O)c2sc(COc3ccc(F)cc3)nc2C)cc1. The van der Waals surface area contributed by atoms with Gasteiger partial charge in [0.1, 0.15) is 28.1 Å². The minimum absolute atomic E-state index is 0.104. The average molecular weight is 436 g/mol. The number of sulfonamides is 1. The number of anilines is 1. The normalized spacial score (nSPS) is 11.3. The van der Waals surface area contributed by atoms with Crippen LogP contribution in [0.25, 0.3) is 0 Å². The molecule has 0 aliphatic rings. The predicted octanol–water partition coefficient (Wildman–Crippen LogP) is 3.33. The number of aromatic nitrogens is 1. The predicted molar refractivity (Wildman–Crippen MR) is 108 cm³/mol. The number of rotatable bonds is 7. The van der Waals surface area contributed by atoms with E-state index in [9.17, 15) is 17.6 Å². The molecule has 0 spiro atoms. The van der Waals surface area contributed by atoms with Crippen molar-refractivity contribution in [3.63, 3.8) is 0 Å². The lowest BCUT2D eigenvalue weighted by molar-refractivity contribution is 0.103. The molecule has 1 aromatic heterocycles. The molecule has 152 valence electrons. The highest BCUT2D eigenvalue weighted by molar-refractivity contribution is 7.89. The van der Waals surface area contributed by atoms with E-state index in [1.807, 2.05) is 0 Å². The Balaban J connectivity index is 1.66. The molecule has 3 rings (SSSR count). The van der Waals surface area contributed by atoms with Gasteiger partial charge in [0.15, 0.2) is 0 Å². The summed E-state index contributed by atoms with van der Waals surface area (Å²) in [6, 6.07) is 11.5. The molecule has 0 aliphatic heterocycles. The van der Waals surface area contributed by atoms with Crippen LogP contribution in [0.4, 0.5) is 10.1 Å². The van der Waals surface area contributed by atoms with Crippen molar-refractivity contribution in [2.75, 3.05) is 12.4 Å². The van der Waals surface area contributed by atoms with Gasteiger partial charge in [-0.25, -0.2) is 22.5 Å². The summed E-state index contributed by atoms with van der Waals surface area (Å²) in [7, 11) is -2.21. The van der Waals surface area contributed by atoms with Crippen molar-refractivity contribution < 1.29 is 22.3 Å².